The topological polar surface area (TPSA) is 63.7 Å². The van der Waals surface area contributed by atoms with E-state index in [0.717, 1.165) is 68.6 Å². The zero-order chi connectivity index (χ0) is 23.1. The van der Waals surface area contributed by atoms with E-state index in [1.165, 1.54) is 30.5 Å². The highest BCUT2D eigenvalue weighted by Crippen LogP contribution is 2.38. The van der Waals surface area contributed by atoms with Crippen LogP contribution in [0.5, 0.6) is 0 Å². The third kappa shape index (κ3) is 4.06. The molecule has 0 unspecified atom stereocenters. The molecule has 3 aliphatic rings. The van der Waals surface area contributed by atoms with Crippen molar-refractivity contribution in [3.8, 4) is 6.07 Å². The number of pyridine rings is 2. The molecule has 7 heteroatoms. The zero-order valence-corrected chi connectivity index (χ0v) is 20.0. The van der Waals surface area contributed by atoms with Gasteiger partial charge < -0.3 is 9.80 Å². The largest absolute Gasteiger partial charge is 0.355 e. The number of aromatic nitrogens is 3. The van der Waals surface area contributed by atoms with Crippen LogP contribution >= 0.6 is 0 Å². The lowest BCUT2D eigenvalue weighted by atomic mass is 9.90. The highest BCUT2D eigenvalue weighted by Gasteiger charge is 2.33. The maximum atomic E-state index is 10.3. The number of aryl methyl sites for hydroxylation is 1. The second-order valence-corrected chi connectivity index (χ2v) is 10.2. The van der Waals surface area contributed by atoms with Crippen LogP contribution in [0.3, 0.4) is 0 Å². The maximum absolute atomic E-state index is 10.3. The first kappa shape index (κ1) is 21.6. The molecule has 7 nitrogen and oxygen atoms in total. The first-order valence-electron chi connectivity index (χ1n) is 12.7. The Morgan fingerprint density at radius 2 is 1.94 bits per heavy atom. The van der Waals surface area contributed by atoms with Crippen LogP contribution in [-0.4, -0.2) is 63.9 Å². The molecule has 3 aromatic rings. The van der Waals surface area contributed by atoms with Crippen molar-refractivity contribution in [3.05, 3.63) is 59.2 Å². The van der Waals surface area contributed by atoms with E-state index in [4.69, 9.17) is 9.97 Å². The number of anilines is 1. The number of imidazole rings is 1. The van der Waals surface area contributed by atoms with Gasteiger partial charge in [-0.1, -0.05) is 12.1 Å². The van der Waals surface area contributed by atoms with Crippen LogP contribution in [0.15, 0.2) is 36.5 Å². The van der Waals surface area contributed by atoms with Crippen molar-refractivity contribution in [3.63, 3.8) is 0 Å². The lowest BCUT2D eigenvalue weighted by molar-refractivity contribution is 0.157. The van der Waals surface area contributed by atoms with Gasteiger partial charge in [-0.25, -0.2) is 4.98 Å². The fourth-order valence-corrected chi connectivity index (χ4v) is 5.70. The molecule has 1 saturated heterocycles. The standard InChI is InChI=1S/C27H33N7/c1-31-13-15-32(16-14-31)26-9-3-8-25-30-22(24(17-28)34(25)26)19-33(18-20-10-11-20)23-7-2-5-21-6-4-12-29-27(21)23/h3-4,6,8-9,12,20,23H,2,5,7,10-11,13-16,18-19H2,1H3/t23-/m0/s1. The van der Waals surface area contributed by atoms with Crippen molar-refractivity contribution in [2.24, 2.45) is 5.92 Å². The van der Waals surface area contributed by atoms with Gasteiger partial charge in [-0.3, -0.25) is 14.3 Å². The summed E-state index contributed by atoms with van der Waals surface area (Å²) >= 11 is 0. The van der Waals surface area contributed by atoms with E-state index in [-0.39, 0.29) is 0 Å². The summed E-state index contributed by atoms with van der Waals surface area (Å²) in [5.41, 5.74) is 5.06. The first-order chi connectivity index (χ1) is 16.7. The second-order valence-electron chi connectivity index (χ2n) is 10.2. The molecule has 0 radical (unpaired) electrons. The molecule has 176 valence electrons. The van der Waals surface area contributed by atoms with Crippen LogP contribution in [0, 0.1) is 17.2 Å². The summed E-state index contributed by atoms with van der Waals surface area (Å²) in [4.78, 5) is 17.1. The van der Waals surface area contributed by atoms with E-state index in [1.54, 1.807) is 0 Å². The summed E-state index contributed by atoms with van der Waals surface area (Å²) in [6, 6.07) is 13.4. The summed E-state index contributed by atoms with van der Waals surface area (Å²) < 4.78 is 2.09. The van der Waals surface area contributed by atoms with Gasteiger partial charge >= 0.3 is 0 Å². The molecule has 2 fully saturated rings. The number of likely N-dealkylation sites (N-methyl/N-ethyl adjacent to an activating group) is 1. The van der Waals surface area contributed by atoms with E-state index in [2.05, 4.69) is 56.5 Å². The van der Waals surface area contributed by atoms with Crippen LogP contribution < -0.4 is 4.90 Å². The molecular weight excluding hydrogens is 422 g/mol. The summed E-state index contributed by atoms with van der Waals surface area (Å²) in [7, 11) is 2.17. The van der Waals surface area contributed by atoms with Gasteiger partial charge in [0.05, 0.1) is 17.4 Å². The molecule has 0 N–H and O–H groups in total. The summed E-state index contributed by atoms with van der Waals surface area (Å²) in [6.45, 7) is 5.75. The Balaban J connectivity index is 1.36. The summed E-state index contributed by atoms with van der Waals surface area (Å²) in [5, 5.41) is 10.3. The molecular formula is C27H33N7. The normalized spacial score (nSPS) is 21.1. The SMILES string of the molecule is CN1CCN(c2cccc3nc(CN(CC4CC4)[C@H]4CCCc5cccnc54)c(C#N)n23)CC1. The summed E-state index contributed by atoms with van der Waals surface area (Å²) in [6.07, 6.45) is 7.97. The van der Waals surface area contributed by atoms with Crippen molar-refractivity contribution < 1.29 is 0 Å². The number of fused-ring (bicyclic) bond motifs is 2. The van der Waals surface area contributed by atoms with Gasteiger partial charge in [0.25, 0.3) is 0 Å². The molecule has 1 saturated carbocycles. The van der Waals surface area contributed by atoms with Gasteiger partial charge in [-0.15, -0.1) is 0 Å². The van der Waals surface area contributed by atoms with Crippen LogP contribution in [0.4, 0.5) is 5.82 Å². The van der Waals surface area contributed by atoms with Gasteiger partial charge in [-0.05, 0) is 68.8 Å². The third-order valence-corrected chi connectivity index (χ3v) is 7.78. The minimum absolute atomic E-state index is 0.305. The molecule has 1 aliphatic heterocycles. The molecule has 3 aromatic heterocycles. The minimum Gasteiger partial charge on any atom is -0.355 e. The van der Waals surface area contributed by atoms with Crippen molar-refractivity contribution >= 4 is 11.5 Å². The van der Waals surface area contributed by atoms with Gasteiger partial charge in [0.15, 0.2) is 5.69 Å². The van der Waals surface area contributed by atoms with E-state index in [0.29, 0.717) is 18.3 Å². The van der Waals surface area contributed by atoms with Crippen LogP contribution in [0.2, 0.25) is 0 Å². The molecule has 6 rings (SSSR count). The highest BCUT2D eigenvalue weighted by atomic mass is 15.3. The third-order valence-electron chi connectivity index (χ3n) is 7.78. The van der Waals surface area contributed by atoms with Crippen LogP contribution in [0.25, 0.3) is 5.65 Å². The van der Waals surface area contributed by atoms with Gasteiger partial charge in [0, 0.05) is 45.5 Å². The van der Waals surface area contributed by atoms with Gasteiger partial charge in [0.2, 0.25) is 0 Å². The predicted octanol–water partition coefficient (Wildman–Crippen LogP) is 3.64. The Labute approximate surface area is 201 Å². The fourth-order valence-electron chi connectivity index (χ4n) is 5.70. The number of nitrogens with zero attached hydrogens (tertiary/aromatic N) is 7. The quantitative estimate of drug-likeness (QED) is 0.566. The Hall–Kier alpha value is -2.95. The van der Waals surface area contributed by atoms with E-state index in [9.17, 15) is 5.26 Å². The van der Waals surface area contributed by atoms with E-state index < -0.39 is 0 Å². The average Bonchev–Trinajstić information content (AvgIpc) is 3.62. The Morgan fingerprint density at radius 1 is 1.09 bits per heavy atom. The van der Waals surface area contributed by atoms with Crippen molar-refractivity contribution in [1.29, 1.82) is 5.26 Å². The van der Waals surface area contributed by atoms with Gasteiger partial charge in [0.1, 0.15) is 17.5 Å². The van der Waals surface area contributed by atoms with Crippen molar-refractivity contribution in [1.82, 2.24) is 24.2 Å². The van der Waals surface area contributed by atoms with Crippen molar-refractivity contribution in [2.45, 2.75) is 44.7 Å². The number of hydrogen-bond donors (Lipinski definition) is 0. The van der Waals surface area contributed by atoms with Gasteiger partial charge in [-0.2, -0.15) is 5.26 Å². The molecule has 4 heterocycles. The highest BCUT2D eigenvalue weighted by molar-refractivity contribution is 5.57. The Morgan fingerprint density at radius 3 is 2.74 bits per heavy atom. The summed E-state index contributed by atoms with van der Waals surface area (Å²) in [5.74, 6) is 1.84. The smallest absolute Gasteiger partial charge is 0.150 e. The lowest BCUT2D eigenvalue weighted by Gasteiger charge is -2.35. The molecule has 2 aliphatic carbocycles. The fraction of sp³-hybridized carbons (Fsp3) is 0.519. The minimum atomic E-state index is 0.305. The number of rotatable bonds is 6. The van der Waals surface area contributed by atoms with E-state index >= 15 is 0 Å². The number of hydrogen-bond acceptors (Lipinski definition) is 6. The van der Waals surface area contributed by atoms with Crippen LogP contribution in [0.1, 0.15) is 54.4 Å². The number of nitriles is 1. The van der Waals surface area contributed by atoms with Crippen molar-refractivity contribution in [2.75, 3.05) is 44.7 Å². The maximum Gasteiger partial charge on any atom is 0.150 e. The Kier molecular flexibility index (Phi) is 5.72. The molecule has 34 heavy (non-hydrogen) atoms. The predicted molar refractivity (Wildman–Crippen MR) is 133 cm³/mol. The average molecular weight is 456 g/mol. The molecule has 0 aromatic carbocycles. The van der Waals surface area contributed by atoms with E-state index in [1.807, 2.05) is 12.3 Å². The first-order valence-corrected chi connectivity index (χ1v) is 12.7. The van der Waals surface area contributed by atoms with Crippen LogP contribution in [-0.2, 0) is 13.0 Å². The molecule has 1 atom stereocenters. The molecule has 0 amide bonds. The zero-order valence-electron chi connectivity index (χ0n) is 20.0. The second kappa shape index (κ2) is 9.01. The monoisotopic (exact) mass is 455 g/mol. The Bertz CT molecular complexity index is 1210. The molecule has 0 bridgehead atoms. The lowest BCUT2D eigenvalue weighted by Crippen LogP contribution is -2.45. The molecule has 0 spiro atoms. The number of piperazine rings is 1.